The van der Waals surface area contributed by atoms with Gasteiger partial charge in [-0.05, 0) is 367 Å². The lowest BCUT2D eigenvalue weighted by atomic mass is 9.39. The molecule has 1 saturated carbocycles. The molecule has 11 aromatic carbocycles. The molecule has 34 rings (SSSR count). The lowest BCUT2D eigenvalue weighted by Crippen LogP contribution is -2.62. The van der Waals surface area contributed by atoms with Crippen LogP contribution in [0.2, 0.25) is 0 Å². The van der Waals surface area contributed by atoms with Crippen molar-refractivity contribution in [2.24, 2.45) is 11.8 Å². The molecule has 1 aliphatic heterocycles. The summed E-state index contributed by atoms with van der Waals surface area (Å²) in [6, 6.07) is 2.94. The lowest BCUT2D eigenvalue weighted by molar-refractivity contribution is 0.0336. The van der Waals surface area contributed by atoms with Crippen molar-refractivity contribution >= 4 is 97.9 Å². The standard InChI is InChI=1S/C75H42S/c1-8(2)11-7-12(9(3)4)68-73(13(11)10(5)6)76-75-71-64-58-48-36-28-20-16-14-15-18-22(20)30(36)40-34-26(18)27-19(15)23-21-17(14)25-24(16)32-38(28)46-52-42(32)43-33(25)39-29(21)37-31(23)41-35(27)45-44(34)56(50(40)58)66(71)67-57(45)51(41)59-49(37)55-47(39)53(43)61-60(52)69(62(64)54(46)48)74(68,75)70(61)63(55)65(59)72(67)75/h7-10,16,18,20,22,24,26,32,34,42-45,53,57,61,63,65,67,70,72H,1-6H3. The summed E-state index contributed by atoms with van der Waals surface area (Å²) in [5, 5.41) is 30.8. The third kappa shape index (κ3) is 1.86. The van der Waals surface area contributed by atoms with Crippen LogP contribution < -0.4 is 0 Å². The highest BCUT2D eigenvalue weighted by atomic mass is 32.2. The molecule has 22 atom stereocenters. The van der Waals surface area contributed by atoms with E-state index in [1.807, 2.05) is 175 Å². The Morgan fingerprint density at radius 3 is 1.00 bits per heavy atom. The minimum absolute atomic E-state index is 0.0146. The van der Waals surface area contributed by atoms with Gasteiger partial charge < -0.3 is 0 Å². The van der Waals surface area contributed by atoms with Crippen LogP contribution in [0.4, 0.5) is 0 Å². The van der Waals surface area contributed by atoms with Crippen molar-refractivity contribution in [1.82, 2.24) is 0 Å². The molecule has 1 heterocycles. The fourth-order valence-electron chi connectivity index (χ4n) is 33.6. The topological polar surface area (TPSA) is 0 Å². The molecule has 0 bridgehead atoms. The van der Waals surface area contributed by atoms with Crippen LogP contribution in [-0.2, 0) is 10.2 Å². The van der Waals surface area contributed by atoms with Gasteiger partial charge >= 0.3 is 0 Å². The van der Waals surface area contributed by atoms with Crippen molar-refractivity contribution in [1.29, 1.82) is 0 Å². The number of benzene rings is 10. The van der Waals surface area contributed by atoms with Gasteiger partial charge in [-0.15, -0.1) is 11.8 Å². The Kier molecular flexibility index (Phi) is 3.29. The molecule has 23 aliphatic rings. The van der Waals surface area contributed by atoms with Gasteiger partial charge in [0.1, 0.15) is 0 Å². The van der Waals surface area contributed by atoms with Crippen LogP contribution in [0.15, 0.2) is 11.0 Å². The number of thioether (sulfide) groups is 1. The highest BCUT2D eigenvalue weighted by Gasteiger charge is 2.90. The van der Waals surface area contributed by atoms with Gasteiger partial charge in [0.2, 0.25) is 0 Å². The molecule has 0 nitrogen and oxygen atoms in total. The van der Waals surface area contributed by atoms with E-state index in [1.165, 1.54) is 0 Å². The number of rotatable bonds is 3. The van der Waals surface area contributed by atoms with Crippen LogP contribution >= 0.6 is 11.8 Å². The lowest BCUT2D eigenvalue weighted by Gasteiger charge is -2.65. The molecule has 0 aromatic heterocycles. The van der Waals surface area contributed by atoms with E-state index in [0.717, 1.165) is 0 Å². The third-order valence-corrected chi connectivity index (χ3v) is 34.1. The molecule has 2 spiro atoms. The molecule has 22 unspecified atom stereocenters. The summed E-state index contributed by atoms with van der Waals surface area (Å²) in [7, 11) is 0. The normalized spacial score (nSPS) is 45.4. The highest BCUT2D eigenvalue weighted by molar-refractivity contribution is 8.00. The van der Waals surface area contributed by atoms with Gasteiger partial charge in [-0.2, -0.15) is 0 Å². The van der Waals surface area contributed by atoms with E-state index >= 15 is 0 Å². The van der Waals surface area contributed by atoms with E-state index in [0.29, 0.717) is 136 Å². The third-order valence-electron chi connectivity index (χ3n) is 32.4. The molecule has 1 heteroatoms. The van der Waals surface area contributed by atoms with Crippen molar-refractivity contribution in [2.45, 2.75) is 181 Å². The Bertz CT molecular complexity index is 5710. The molecule has 22 aliphatic carbocycles. The van der Waals surface area contributed by atoms with Gasteiger partial charge in [0.05, 0.1) is 4.75 Å². The fraction of sp³-hybridized carbons (Fsp3) is 0.413. The van der Waals surface area contributed by atoms with Crippen molar-refractivity contribution < 1.29 is 0 Å². The van der Waals surface area contributed by atoms with E-state index in [9.17, 15) is 0 Å². The van der Waals surface area contributed by atoms with E-state index in [-0.39, 0.29) is 10.2 Å². The zero-order valence-electron chi connectivity index (χ0n) is 42.8. The van der Waals surface area contributed by atoms with Crippen LogP contribution in [0.5, 0.6) is 0 Å². The molecule has 0 saturated heterocycles. The van der Waals surface area contributed by atoms with Crippen molar-refractivity contribution in [3.63, 3.8) is 0 Å². The van der Waals surface area contributed by atoms with Crippen LogP contribution in [0.3, 0.4) is 0 Å². The Balaban J connectivity index is 0.987. The SMILES string of the molecule is CC(C)c1cc(C(C)C)c2c(c1C(C)C)SC13c4c5c6c7c8c9c%10c%11c%12c%13c%14c%15c(c%16c%13c%10c7c4-%16)C21C1C%15C2c4c7c%10c%13c%15c%16c%17c%18c%19c%20c%21c%22c%23c(c4c4c%22c%19c%16c%104)C2C%14C%12C%23C%21C%11C9C%20C%18C8C6C%17C%15C5C3C%13C71. The summed E-state index contributed by atoms with van der Waals surface area (Å²) in [6.45, 7) is 15.7. The van der Waals surface area contributed by atoms with Gasteiger partial charge in [0.25, 0.3) is 0 Å². The van der Waals surface area contributed by atoms with E-state index in [2.05, 4.69) is 104 Å². The summed E-state index contributed by atoms with van der Waals surface area (Å²) in [4.78, 5) is 1.85. The van der Waals surface area contributed by atoms with E-state index < -0.39 is 0 Å². The van der Waals surface area contributed by atoms with E-state index in [1.54, 1.807) is 16.7 Å². The van der Waals surface area contributed by atoms with Crippen molar-refractivity contribution in [3.05, 3.63) is 140 Å². The van der Waals surface area contributed by atoms with Crippen molar-refractivity contribution in [2.75, 3.05) is 0 Å². The second-order valence-electron chi connectivity index (χ2n) is 32.7. The van der Waals surface area contributed by atoms with E-state index in [4.69, 9.17) is 0 Å². The first-order chi connectivity index (χ1) is 37.4. The molecule has 0 amide bonds. The fourth-order valence-corrected chi connectivity index (χ4v) is 36.0. The zero-order chi connectivity index (χ0) is 46.5. The van der Waals surface area contributed by atoms with Gasteiger partial charge in [0.15, 0.2) is 0 Å². The summed E-state index contributed by atoms with van der Waals surface area (Å²) < 4.78 is 0.0196. The second-order valence-corrected chi connectivity index (χ2v) is 34.0. The predicted molar refractivity (Wildman–Crippen MR) is 299 cm³/mol. The minimum atomic E-state index is -0.0146. The Morgan fingerprint density at radius 1 is 0.289 bits per heavy atom. The number of hydrogen-bond acceptors (Lipinski definition) is 1. The zero-order valence-corrected chi connectivity index (χ0v) is 43.6. The molecular weight excluding hydrogens is 933 g/mol. The van der Waals surface area contributed by atoms with Gasteiger partial charge in [-0.3, -0.25) is 0 Å². The first-order valence-electron chi connectivity index (χ1n) is 31.5. The molecule has 0 N–H and O–H groups in total. The molecule has 76 heavy (non-hydrogen) atoms. The maximum atomic E-state index is 2.94. The van der Waals surface area contributed by atoms with Crippen LogP contribution in [0, 0.1) is 11.8 Å². The summed E-state index contributed by atoms with van der Waals surface area (Å²) in [5.74, 6) is 14.6. The first-order valence-corrected chi connectivity index (χ1v) is 32.3. The molecule has 11 aromatic rings. The van der Waals surface area contributed by atoms with Crippen LogP contribution in [0.25, 0.3) is 97.3 Å². The van der Waals surface area contributed by atoms with Gasteiger partial charge in [0, 0.05) is 10.3 Å². The number of hydrogen-bond donors (Lipinski definition) is 0. The molecule has 348 valence electrons. The molecule has 0 radical (unpaired) electrons. The average Bonchev–Trinajstić information content (AvgIpc) is 1.92. The van der Waals surface area contributed by atoms with Crippen molar-refractivity contribution in [3.8, 4) is 11.1 Å². The average molecular weight is 975 g/mol. The first kappa shape index (κ1) is 32.5. The summed E-state index contributed by atoms with van der Waals surface area (Å²) >= 11 is 2.68. The quantitative estimate of drug-likeness (QED) is 0.159. The smallest absolute Gasteiger partial charge is 0.0645 e. The van der Waals surface area contributed by atoms with Crippen LogP contribution in [-0.4, -0.2) is 0 Å². The maximum Gasteiger partial charge on any atom is 0.0645 e. The Labute approximate surface area is 438 Å². The Morgan fingerprint density at radius 2 is 0.592 bits per heavy atom. The number of fused-ring (bicyclic) bond motifs is 1. The highest BCUT2D eigenvalue weighted by Crippen LogP contribution is 3.01. The summed E-state index contributed by atoms with van der Waals surface area (Å²) in [5.41, 5.74) is 52.0. The van der Waals surface area contributed by atoms with Crippen LogP contribution in [0.1, 0.15) is 299 Å². The maximum absolute atomic E-state index is 2.94. The summed E-state index contributed by atoms with van der Waals surface area (Å²) in [6.07, 6.45) is 0. The Hall–Kier alpha value is -5.37. The van der Waals surface area contributed by atoms with Gasteiger partial charge in [-0.1, -0.05) is 47.6 Å². The second kappa shape index (κ2) is 7.68. The monoisotopic (exact) mass is 974 g/mol. The minimum Gasteiger partial charge on any atom is -0.112 e. The largest absolute Gasteiger partial charge is 0.112 e. The molecule has 1 fully saturated rings. The van der Waals surface area contributed by atoms with Gasteiger partial charge in [-0.25, -0.2) is 0 Å². The predicted octanol–water partition coefficient (Wildman–Crippen LogP) is 17.9. The molecular formula is C75H42S.